The summed E-state index contributed by atoms with van der Waals surface area (Å²) in [7, 11) is 3.43. The van der Waals surface area contributed by atoms with E-state index in [1.165, 1.54) is 4.90 Å². The molecule has 2 N–H and O–H groups in total. The van der Waals surface area contributed by atoms with E-state index in [1.54, 1.807) is 14.1 Å². The largest absolute Gasteiger partial charge is 0.466 e. The molecule has 6 nitrogen and oxygen atoms in total. The molecule has 112 valence electrons. The standard InChI is InChI=1S/C13H27N3O3/c1-4-19-12(17)8-6-5-7-9-14-10-11-15-13(18)16(2)3/h14H,4-11H2,1-3H3,(H,15,18). The topological polar surface area (TPSA) is 70.7 Å². The van der Waals surface area contributed by atoms with Gasteiger partial charge in [-0.3, -0.25) is 4.79 Å². The lowest BCUT2D eigenvalue weighted by Gasteiger charge is -2.12. The molecule has 0 aromatic carbocycles. The van der Waals surface area contributed by atoms with E-state index in [9.17, 15) is 9.59 Å². The SMILES string of the molecule is CCOC(=O)CCCCCNCCNC(=O)N(C)C. The molecule has 0 saturated heterocycles. The number of hydrogen-bond acceptors (Lipinski definition) is 4. The van der Waals surface area contributed by atoms with Crippen LogP contribution in [0.25, 0.3) is 0 Å². The van der Waals surface area contributed by atoms with Crippen LogP contribution < -0.4 is 10.6 Å². The maximum atomic E-state index is 11.2. The van der Waals surface area contributed by atoms with Gasteiger partial charge in [-0.15, -0.1) is 0 Å². The number of nitrogens with zero attached hydrogens (tertiary/aromatic N) is 1. The summed E-state index contributed by atoms with van der Waals surface area (Å²) in [5.41, 5.74) is 0. The molecular formula is C13H27N3O3. The number of urea groups is 1. The molecule has 2 amide bonds. The van der Waals surface area contributed by atoms with Gasteiger partial charge in [-0.25, -0.2) is 4.79 Å². The number of rotatable bonds is 10. The second kappa shape index (κ2) is 11.8. The molecule has 0 heterocycles. The number of esters is 1. The van der Waals surface area contributed by atoms with Crippen molar-refractivity contribution in [2.24, 2.45) is 0 Å². The molecule has 0 rings (SSSR count). The third-order valence-corrected chi connectivity index (χ3v) is 2.52. The molecular weight excluding hydrogens is 246 g/mol. The molecule has 0 aliphatic rings. The van der Waals surface area contributed by atoms with Gasteiger partial charge in [0, 0.05) is 33.6 Å². The van der Waals surface area contributed by atoms with Crippen LogP contribution in [0.2, 0.25) is 0 Å². The fourth-order valence-electron chi connectivity index (χ4n) is 1.47. The summed E-state index contributed by atoms with van der Waals surface area (Å²) in [6, 6.07) is -0.0729. The van der Waals surface area contributed by atoms with Gasteiger partial charge in [-0.1, -0.05) is 6.42 Å². The van der Waals surface area contributed by atoms with Crippen LogP contribution in [0.3, 0.4) is 0 Å². The Kier molecular flexibility index (Phi) is 11.0. The molecule has 0 atom stereocenters. The first-order valence-electron chi connectivity index (χ1n) is 6.89. The van der Waals surface area contributed by atoms with Crippen molar-refractivity contribution in [3.63, 3.8) is 0 Å². The van der Waals surface area contributed by atoms with Gasteiger partial charge in [0.1, 0.15) is 0 Å². The Hall–Kier alpha value is -1.30. The first kappa shape index (κ1) is 17.7. The lowest BCUT2D eigenvalue weighted by atomic mass is 10.2. The molecule has 0 fully saturated rings. The zero-order valence-electron chi connectivity index (χ0n) is 12.3. The van der Waals surface area contributed by atoms with Crippen molar-refractivity contribution >= 4 is 12.0 Å². The zero-order valence-corrected chi connectivity index (χ0v) is 12.3. The number of carbonyl (C=O) groups is 2. The van der Waals surface area contributed by atoms with Crippen molar-refractivity contribution in [3.8, 4) is 0 Å². The third-order valence-electron chi connectivity index (χ3n) is 2.52. The van der Waals surface area contributed by atoms with Gasteiger partial charge in [-0.2, -0.15) is 0 Å². The van der Waals surface area contributed by atoms with E-state index >= 15 is 0 Å². The Bertz CT molecular complexity index is 258. The molecule has 0 saturated carbocycles. The van der Waals surface area contributed by atoms with E-state index in [0.717, 1.165) is 32.4 Å². The summed E-state index contributed by atoms with van der Waals surface area (Å²) in [4.78, 5) is 23.7. The van der Waals surface area contributed by atoms with Crippen LogP contribution in [0.5, 0.6) is 0 Å². The fourth-order valence-corrected chi connectivity index (χ4v) is 1.47. The van der Waals surface area contributed by atoms with Gasteiger partial charge < -0.3 is 20.3 Å². The van der Waals surface area contributed by atoms with Crippen molar-refractivity contribution in [1.29, 1.82) is 0 Å². The highest BCUT2D eigenvalue weighted by molar-refractivity contribution is 5.73. The normalized spacial score (nSPS) is 10.1. The van der Waals surface area contributed by atoms with Gasteiger partial charge in [0.2, 0.25) is 0 Å². The predicted molar refractivity (Wildman–Crippen MR) is 75.1 cm³/mol. The molecule has 0 aromatic rings. The molecule has 0 aliphatic carbocycles. The monoisotopic (exact) mass is 273 g/mol. The van der Waals surface area contributed by atoms with E-state index in [-0.39, 0.29) is 12.0 Å². The molecule has 0 spiro atoms. The molecule has 6 heteroatoms. The highest BCUT2D eigenvalue weighted by Gasteiger charge is 2.01. The molecule has 0 unspecified atom stereocenters. The second-order valence-electron chi connectivity index (χ2n) is 4.49. The fraction of sp³-hybridized carbons (Fsp3) is 0.846. The van der Waals surface area contributed by atoms with E-state index in [1.807, 2.05) is 6.92 Å². The minimum Gasteiger partial charge on any atom is -0.466 e. The zero-order chi connectivity index (χ0) is 14.5. The summed E-state index contributed by atoms with van der Waals surface area (Å²) < 4.78 is 4.84. The summed E-state index contributed by atoms with van der Waals surface area (Å²) in [6.45, 7) is 4.56. The summed E-state index contributed by atoms with van der Waals surface area (Å²) in [5, 5.41) is 6.02. The summed E-state index contributed by atoms with van der Waals surface area (Å²) in [6.07, 6.45) is 3.42. The quantitative estimate of drug-likeness (QED) is 0.459. The van der Waals surface area contributed by atoms with Crippen molar-refractivity contribution < 1.29 is 14.3 Å². The minimum atomic E-state index is -0.109. The first-order valence-corrected chi connectivity index (χ1v) is 6.89. The van der Waals surface area contributed by atoms with E-state index in [0.29, 0.717) is 19.6 Å². The second-order valence-corrected chi connectivity index (χ2v) is 4.49. The van der Waals surface area contributed by atoms with E-state index < -0.39 is 0 Å². The lowest BCUT2D eigenvalue weighted by molar-refractivity contribution is -0.143. The maximum absolute atomic E-state index is 11.2. The van der Waals surface area contributed by atoms with Gasteiger partial charge in [0.05, 0.1) is 6.61 Å². The van der Waals surface area contributed by atoms with Crippen molar-refractivity contribution in [2.75, 3.05) is 40.3 Å². The third kappa shape index (κ3) is 11.5. The van der Waals surface area contributed by atoms with E-state index in [2.05, 4.69) is 10.6 Å². The van der Waals surface area contributed by atoms with Crippen molar-refractivity contribution in [3.05, 3.63) is 0 Å². The molecule has 0 bridgehead atoms. The molecule has 19 heavy (non-hydrogen) atoms. The highest BCUT2D eigenvalue weighted by atomic mass is 16.5. The van der Waals surface area contributed by atoms with Crippen LogP contribution in [-0.4, -0.2) is 57.2 Å². The smallest absolute Gasteiger partial charge is 0.316 e. The minimum absolute atomic E-state index is 0.0729. The summed E-state index contributed by atoms with van der Waals surface area (Å²) >= 11 is 0. The average Bonchev–Trinajstić information content (AvgIpc) is 2.36. The number of unbranched alkanes of at least 4 members (excludes halogenated alkanes) is 2. The van der Waals surface area contributed by atoms with Gasteiger partial charge in [0.15, 0.2) is 0 Å². The molecule has 0 radical (unpaired) electrons. The Morgan fingerprint density at radius 1 is 1.05 bits per heavy atom. The number of amides is 2. The Labute approximate surface area is 115 Å². The Balaban J connectivity index is 3.19. The van der Waals surface area contributed by atoms with Crippen molar-refractivity contribution in [2.45, 2.75) is 32.6 Å². The van der Waals surface area contributed by atoms with Crippen LogP contribution in [-0.2, 0) is 9.53 Å². The van der Waals surface area contributed by atoms with Crippen LogP contribution in [0.4, 0.5) is 4.79 Å². The molecule has 0 aliphatic heterocycles. The number of ether oxygens (including phenoxy) is 1. The van der Waals surface area contributed by atoms with Crippen molar-refractivity contribution in [1.82, 2.24) is 15.5 Å². The number of carbonyl (C=O) groups excluding carboxylic acids is 2. The van der Waals surface area contributed by atoms with Crippen LogP contribution in [0.15, 0.2) is 0 Å². The van der Waals surface area contributed by atoms with Crippen LogP contribution in [0, 0.1) is 0 Å². The van der Waals surface area contributed by atoms with Crippen LogP contribution in [0.1, 0.15) is 32.6 Å². The van der Waals surface area contributed by atoms with E-state index in [4.69, 9.17) is 4.74 Å². The number of nitrogens with one attached hydrogen (secondary N) is 2. The van der Waals surface area contributed by atoms with Crippen LogP contribution >= 0.6 is 0 Å². The maximum Gasteiger partial charge on any atom is 0.316 e. The highest BCUT2D eigenvalue weighted by Crippen LogP contribution is 2.00. The summed E-state index contributed by atoms with van der Waals surface area (Å²) in [5.74, 6) is -0.109. The predicted octanol–water partition coefficient (Wildman–Crippen LogP) is 0.971. The first-order chi connectivity index (χ1) is 9.07. The Morgan fingerprint density at radius 2 is 1.79 bits per heavy atom. The van der Waals surface area contributed by atoms with Gasteiger partial charge in [0.25, 0.3) is 0 Å². The number of hydrogen-bond donors (Lipinski definition) is 2. The molecule has 0 aromatic heterocycles. The lowest BCUT2D eigenvalue weighted by Crippen LogP contribution is -2.38. The average molecular weight is 273 g/mol. The Morgan fingerprint density at radius 3 is 2.42 bits per heavy atom. The van der Waals surface area contributed by atoms with Gasteiger partial charge in [-0.05, 0) is 26.3 Å². The van der Waals surface area contributed by atoms with Gasteiger partial charge >= 0.3 is 12.0 Å².